The molecule has 0 heterocycles. The summed E-state index contributed by atoms with van der Waals surface area (Å²) in [6.45, 7) is 12.9. The molecule has 2 heteroatoms. The Morgan fingerprint density at radius 2 is 1.74 bits per heavy atom. The van der Waals surface area contributed by atoms with Gasteiger partial charge in [0.25, 0.3) is 0 Å². The predicted molar refractivity (Wildman–Crippen MR) is 85.6 cm³/mol. The Hall–Kier alpha value is -0.0800. The standard InChI is InChI=1S/C17H36N2/c1-6-17(7-2,13-18-8-3)14-19(5)16-12-10-9-11-15(16)4/h15-16,18H,6-14H2,1-5H3. The van der Waals surface area contributed by atoms with E-state index in [0.717, 1.165) is 18.5 Å². The Bertz CT molecular complexity index is 235. The molecule has 19 heavy (non-hydrogen) atoms. The van der Waals surface area contributed by atoms with E-state index in [2.05, 4.69) is 45.0 Å². The molecule has 0 aromatic carbocycles. The molecule has 1 fully saturated rings. The van der Waals surface area contributed by atoms with Gasteiger partial charge in [0.1, 0.15) is 0 Å². The van der Waals surface area contributed by atoms with E-state index in [1.807, 2.05) is 0 Å². The Morgan fingerprint density at radius 3 is 2.26 bits per heavy atom. The van der Waals surface area contributed by atoms with Gasteiger partial charge in [-0.05, 0) is 50.6 Å². The quantitative estimate of drug-likeness (QED) is 0.718. The lowest BCUT2D eigenvalue weighted by Crippen LogP contribution is -2.48. The lowest BCUT2D eigenvalue weighted by Gasteiger charge is -2.42. The van der Waals surface area contributed by atoms with Crippen LogP contribution in [0, 0.1) is 11.3 Å². The van der Waals surface area contributed by atoms with E-state index in [0.29, 0.717) is 5.41 Å². The first-order valence-corrected chi connectivity index (χ1v) is 8.49. The van der Waals surface area contributed by atoms with Crippen LogP contribution in [0.3, 0.4) is 0 Å². The van der Waals surface area contributed by atoms with Gasteiger partial charge in [0.2, 0.25) is 0 Å². The van der Waals surface area contributed by atoms with Crippen LogP contribution >= 0.6 is 0 Å². The first kappa shape index (κ1) is 17.0. The zero-order chi connectivity index (χ0) is 14.3. The van der Waals surface area contributed by atoms with Crippen LogP contribution in [-0.2, 0) is 0 Å². The molecule has 0 aromatic rings. The van der Waals surface area contributed by atoms with E-state index in [4.69, 9.17) is 0 Å². The van der Waals surface area contributed by atoms with Crippen molar-refractivity contribution in [3.8, 4) is 0 Å². The number of hydrogen-bond acceptors (Lipinski definition) is 2. The molecular formula is C17H36N2. The van der Waals surface area contributed by atoms with Crippen molar-refractivity contribution in [2.75, 3.05) is 26.7 Å². The van der Waals surface area contributed by atoms with E-state index in [1.54, 1.807) is 0 Å². The molecule has 114 valence electrons. The fourth-order valence-electron chi connectivity index (χ4n) is 3.77. The molecule has 2 atom stereocenters. The van der Waals surface area contributed by atoms with Crippen molar-refractivity contribution in [2.24, 2.45) is 11.3 Å². The molecule has 1 aliphatic rings. The fourth-order valence-corrected chi connectivity index (χ4v) is 3.77. The Labute approximate surface area is 121 Å². The summed E-state index contributed by atoms with van der Waals surface area (Å²) in [7, 11) is 2.36. The summed E-state index contributed by atoms with van der Waals surface area (Å²) in [5.74, 6) is 0.879. The van der Waals surface area contributed by atoms with Crippen molar-refractivity contribution in [3.63, 3.8) is 0 Å². The van der Waals surface area contributed by atoms with Crippen LogP contribution in [0.25, 0.3) is 0 Å². The lowest BCUT2D eigenvalue weighted by molar-refractivity contribution is 0.0771. The highest BCUT2D eigenvalue weighted by molar-refractivity contribution is 4.87. The van der Waals surface area contributed by atoms with E-state index >= 15 is 0 Å². The molecule has 0 amide bonds. The van der Waals surface area contributed by atoms with Crippen LogP contribution < -0.4 is 5.32 Å². The van der Waals surface area contributed by atoms with Gasteiger partial charge in [-0.3, -0.25) is 0 Å². The van der Waals surface area contributed by atoms with Gasteiger partial charge < -0.3 is 10.2 Å². The molecule has 1 N–H and O–H groups in total. The van der Waals surface area contributed by atoms with Gasteiger partial charge in [-0.25, -0.2) is 0 Å². The highest BCUT2D eigenvalue weighted by Crippen LogP contribution is 2.32. The summed E-state index contributed by atoms with van der Waals surface area (Å²) in [4.78, 5) is 2.67. The second-order valence-electron chi connectivity index (χ2n) is 6.73. The van der Waals surface area contributed by atoms with Gasteiger partial charge in [0.15, 0.2) is 0 Å². The van der Waals surface area contributed by atoms with Crippen molar-refractivity contribution in [3.05, 3.63) is 0 Å². The van der Waals surface area contributed by atoms with Crippen molar-refractivity contribution < 1.29 is 0 Å². The molecule has 0 spiro atoms. The highest BCUT2D eigenvalue weighted by Gasteiger charge is 2.32. The molecule has 1 rings (SSSR count). The Balaban J connectivity index is 2.61. The predicted octanol–water partition coefficient (Wildman–Crippen LogP) is 3.91. The maximum absolute atomic E-state index is 3.58. The lowest BCUT2D eigenvalue weighted by atomic mass is 9.79. The first-order chi connectivity index (χ1) is 9.08. The minimum absolute atomic E-state index is 0.460. The van der Waals surface area contributed by atoms with E-state index in [1.165, 1.54) is 51.6 Å². The van der Waals surface area contributed by atoms with Gasteiger partial charge in [0, 0.05) is 19.1 Å². The molecule has 1 saturated carbocycles. The smallest absolute Gasteiger partial charge is 0.0118 e. The van der Waals surface area contributed by atoms with Gasteiger partial charge in [-0.15, -0.1) is 0 Å². The molecule has 0 aliphatic heterocycles. The SMILES string of the molecule is CCNCC(CC)(CC)CN(C)C1CCCCC1C. The monoisotopic (exact) mass is 268 g/mol. The van der Waals surface area contributed by atoms with Crippen molar-refractivity contribution in [2.45, 2.75) is 72.3 Å². The van der Waals surface area contributed by atoms with Crippen molar-refractivity contribution in [1.29, 1.82) is 0 Å². The number of nitrogens with zero attached hydrogens (tertiary/aromatic N) is 1. The van der Waals surface area contributed by atoms with Crippen LogP contribution in [0.4, 0.5) is 0 Å². The second-order valence-corrected chi connectivity index (χ2v) is 6.73. The topological polar surface area (TPSA) is 15.3 Å². The molecule has 2 nitrogen and oxygen atoms in total. The van der Waals surface area contributed by atoms with Crippen LogP contribution in [0.15, 0.2) is 0 Å². The van der Waals surface area contributed by atoms with Gasteiger partial charge in [-0.2, -0.15) is 0 Å². The molecule has 0 aromatic heterocycles. The summed E-state index contributed by atoms with van der Waals surface area (Å²) in [5.41, 5.74) is 0.460. The molecule has 1 aliphatic carbocycles. The van der Waals surface area contributed by atoms with Gasteiger partial charge in [-0.1, -0.05) is 40.5 Å². The molecule has 0 bridgehead atoms. The number of rotatable bonds is 8. The first-order valence-electron chi connectivity index (χ1n) is 8.49. The van der Waals surface area contributed by atoms with Crippen molar-refractivity contribution in [1.82, 2.24) is 10.2 Å². The summed E-state index contributed by atoms with van der Waals surface area (Å²) < 4.78 is 0. The maximum Gasteiger partial charge on any atom is 0.0118 e. The van der Waals surface area contributed by atoms with Gasteiger partial charge >= 0.3 is 0 Å². The zero-order valence-corrected chi connectivity index (χ0v) is 14.0. The Kier molecular flexibility index (Phi) is 7.38. The maximum atomic E-state index is 3.58. The van der Waals surface area contributed by atoms with Gasteiger partial charge in [0.05, 0.1) is 0 Å². The molecule has 0 saturated heterocycles. The number of hydrogen-bond donors (Lipinski definition) is 1. The summed E-state index contributed by atoms with van der Waals surface area (Å²) in [6.07, 6.45) is 8.26. The third-order valence-corrected chi connectivity index (χ3v) is 5.47. The van der Waals surface area contributed by atoms with Crippen LogP contribution in [-0.4, -0.2) is 37.6 Å². The minimum atomic E-state index is 0.460. The van der Waals surface area contributed by atoms with E-state index in [-0.39, 0.29) is 0 Å². The fraction of sp³-hybridized carbons (Fsp3) is 1.00. The summed E-state index contributed by atoms with van der Waals surface area (Å²) >= 11 is 0. The number of nitrogens with one attached hydrogen (secondary N) is 1. The molecule has 0 radical (unpaired) electrons. The van der Waals surface area contributed by atoms with E-state index in [9.17, 15) is 0 Å². The van der Waals surface area contributed by atoms with Crippen LogP contribution in [0.2, 0.25) is 0 Å². The summed E-state index contributed by atoms with van der Waals surface area (Å²) in [6, 6.07) is 0.813. The highest BCUT2D eigenvalue weighted by atomic mass is 15.1. The van der Waals surface area contributed by atoms with Crippen molar-refractivity contribution >= 4 is 0 Å². The van der Waals surface area contributed by atoms with Crippen LogP contribution in [0.5, 0.6) is 0 Å². The largest absolute Gasteiger partial charge is 0.316 e. The zero-order valence-electron chi connectivity index (χ0n) is 14.0. The van der Waals surface area contributed by atoms with E-state index < -0.39 is 0 Å². The third kappa shape index (κ3) is 4.75. The Morgan fingerprint density at radius 1 is 1.11 bits per heavy atom. The second kappa shape index (κ2) is 8.26. The molecular weight excluding hydrogens is 232 g/mol. The average Bonchev–Trinajstić information content (AvgIpc) is 2.44. The summed E-state index contributed by atoms with van der Waals surface area (Å²) in [5, 5.41) is 3.58. The minimum Gasteiger partial charge on any atom is -0.316 e. The normalized spacial score (nSPS) is 24.9. The van der Waals surface area contributed by atoms with Crippen LogP contribution in [0.1, 0.15) is 66.2 Å². The third-order valence-electron chi connectivity index (χ3n) is 5.47. The average molecular weight is 268 g/mol. The molecule has 2 unspecified atom stereocenters.